The van der Waals surface area contributed by atoms with E-state index in [0.717, 1.165) is 30.9 Å². The molecule has 2 atom stereocenters. The van der Waals surface area contributed by atoms with E-state index >= 15 is 0 Å². The summed E-state index contributed by atoms with van der Waals surface area (Å²) in [6.07, 6.45) is 11.4. The number of rotatable bonds is 5. The average molecular weight is 346 g/mol. The van der Waals surface area contributed by atoms with E-state index in [0.29, 0.717) is 29.6 Å². The number of fused-ring (bicyclic) bond motifs is 2. The van der Waals surface area contributed by atoms with E-state index in [1.54, 1.807) is 6.20 Å². The zero-order valence-electron chi connectivity index (χ0n) is 14.1. The molecule has 1 aliphatic carbocycles. The lowest BCUT2D eigenvalue weighted by atomic mass is 9.99. The van der Waals surface area contributed by atoms with Crippen LogP contribution < -0.4 is 4.74 Å². The first-order chi connectivity index (χ1) is 11.8. The van der Waals surface area contributed by atoms with Gasteiger partial charge < -0.3 is 9.64 Å². The second kappa shape index (κ2) is 7.34. The summed E-state index contributed by atoms with van der Waals surface area (Å²) in [6.45, 7) is 0. The van der Waals surface area contributed by atoms with Crippen molar-refractivity contribution < 1.29 is 9.53 Å². The van der Waals surface area contributed by atoms with E-state index in [4.69, 9.17) is 4.74 Å². The van der Waals surface area contributed by atoms with E-state index < -0.39 is 0 Å². The predicted octanol–water partition coefficient (Wildman–Crippen LogP) is 3.66. The van der Waals surface area contributed by atoms with E-state index in [2.05, 4.69) is 9.88 Å². The third kappa shape index (κ3) is 3.56. The molecule has 0 spiro atoms. The van der Waals surface area contributed by atoms with Crippen LogP contribution in [0.2, 0.25) is 0 Å². The summed E-state index contributed by atoms with van der Waals surface area (Å²) in [5.74, 6) is 1.73. The molecule has 2 saturated heterocycles. The molecule has 0 N–H and O–H groups in total. The number of thioether (sulfide) groups is 1. The van der Waals surface area contributed by atoms with Crippen molar-refractivity contribution >= 4 is 17.7 Å². The van der Waals surface area contributed by atoms with Gasteiger partial charge >= 0.3 is 0 Å². The number of piperidine rings is 1. The Hall–Kier alpha value is -1.23. The minimum absolute atomic E-state index is 0.198. The molecule has 5 heteroatoms. The summed E-state index contributed by atoms with van der Waals surface area (Å²) in [6, 6.07) is 6.51. The SMILES string of the molecule is O=C(CSC1CCCC1)N1C2CCC1CC(Oc1ccccn1)C2. The van der Waals surface area contributed by atoms with Gasteiger partial charge in [-0.1, -0.05) is 18.9 Å². The summed E-state index contributed by atoms with van der Waals surface area (Å²) in [5.41, 5.74) is 0. The Bertz CT molecular complexity index is 548. The van der Waals surface area contributed by atoms with Crippen LogP contribution in [-0.2, 0) is 4.79 Å². The summed E-state index contributed by atoms with van der Waals surface area (Å²) in [4.78, 5) is 19.2. The highest BCUT2D eigenvalue weighted by molar-refractivity contribution is 8.00. The fourth-order valence-corrected chi connectivity index (χ4v) is 5.73. The normalized spacial score (nSPS) is 29.8. The maximum absolute atomic E-state index is 12.7. The molecule has 1 saturated carbocycles. The highest BCUT2D eigenvalue weighted by atomic mass is 32.2. The van der Waals surface area contributed by atoms with Gasteiger partial charge in [-0.2, -0.15) is 0 Å². The second-order valence-electron chi connectivity index (χ2n) is 7.28. The standard InChI is InChI=1S/C19H26N2O2S/c22-19(13-24-17-5-1-2-6-17)21-14-8-9-15(21)12-16(11-14)23-18-7-3-4-10-20-18/h3-4,7,10,14-17H,1-2,5-6,8-9,11-13H2. The number of hydrogen-bond acceptors (Lipinski definition) is 4. The molecule has 1 aromatic heterocycles. The van der Waals surface area contributed by atoms with Crippen LogP contribution in [0.1, 0.15) is 51.4 Å². The van der Waals surface area contributed by atoms with E-state index in [9.17, 15) is 4.79 Å². The second-order valence-corrected chi connectivity index (χ2v) is 8.57. The van der Waals surface area contributed by atoms with Crippen molar-refractivity contribution in [2.24, 2.45) is 0 Å². The number of carbonyl (C=O) groups excluding carboxylic acids is 1. The molecule has 24 heavy (non-hydrogen) atoms. The van der Waals surface area contributed by atoms with Gasteiger partial charge in [0, 0.05) is 42.4 Å². The monoisotopic (exact) mass is 346 g/mol. The lowest BCUT2D eigenvalue weighted by molar-refractivity contribution is -0.134. The first kappa shape index (κ1) is 16.2. The molecule has 1 amide bonds. The fraction of sp³-hybridized carbons (Fsp3) is 0.684. The van der Waals surface area contributed by atoms with Crippen LogP contribution >= 0.6 is 11.8 Å². The van der Waals surface area contributed by atoms with Crippen LogP contribution in [0.3, 0.4) is 0 Å². The van der Waals surface area contributed by atoms with Crippen molar-refractivity contribution in [1.29, 1.82) is 0 Å². The summed E-state index contributed by atoms with van der Waals surface area (Å²) < 4.78 is 6.05. The van der Waals surface area contributed by atoms with Crippen LogP contribution in [0.4, 0.5) is 0 Å². The van der Waals surface area contributed by atoms with Crippen LogP contribution in [0.15, 0.2) is 24.4 Å². The molecule has 0 radical (unpaired) electrons. The Morgan fingerprint density at radius 2 is 1.92 bits per heavy atom. The minimum atomic E-state index is 0.198. The lowest BCUT2D eigenvalue weighted by Crippen LogP contribution is -2.50. The molecule has 2 aliphatic heterocycles. The van der Waals surface area contributed by atoms with Gasteiger partial charge in [-0.05, 0) is 31.7 Å². The minimum Gasteiger partial charge on any atom is -0.474 e. The van der Waals surface area contributed by atoms with Gasteiger partial charge in [0.05, 0.1) is 5.75 Å². The van der Waals surface area contributed by atoms with E-state index in [1.807, 2.05) is 30.0 Å². The van der Waals surface area contributed by atoms with Crippen molar-refractivity contribution in [3.63, 3.8) is 0 Å². The summed E-state index contributed by atoms with van der Waals surface area (Å²) in [7, 11) is 0. The lowest BCUT2D eigenvalue weighted by Gasteiger charge is -2.38. The van der Waals surface area contributed by atoms with Crippen LogP contribution in [0.25, 0.3) is 0 Å². The predicted molar refractivity (Wildman–Crippen MR) is 96.3 cm³/mol. The van der Waals surface area contributed by atoms with Crippen LogP contribution in [-0.4, -0.2) is 45.0 Å². The van der Waals surface area contributed by atoms with Crippen LogP contribution in [0.5, 0.6) is 5.88 Å². The smallest absolute Gasteiger partial charge is 0.233 e. The summed E-state index contributed by atoms with van der Waals surface area (Å²) in [5, 5.41) is 0.719. The number of ether oxygens (including phenoxy) is 1. The molecule has 3 heterocycles. The van der Waals surface area contributed by atoms with Crippen molar-refractivity contribution in [3.05, 3.63) is 24.4 Å². The number of aromatic nitrogens is 1. The molecular formula is C19H26N2O2S. The van der Waals surface area contributed by atoms with Gasteiger partial charge in [-0.3, -0.25) is 4.79 Å². The molecule has 1 aromatic rings. The van der Waals surface area contributed by atoms with Crippen molar-refractivity contribution in [1.82, 2.24) is 9.88 Å². The molecule has 4 rings (SSSR count). The highest BCUT2D eigenvalue weighted by Gasteiger charge is 2.44. The molecule has 4 nitrogen and oxygen atoms in total. The Morgan fingerprint density at radius 3 is 2.58 bits per heavy atom. The Labute approximate surface area is 148 Å². The highest BCUT2D eigenvalue weighted by Crippen LogP contribution is 2.38. The molecule has 0 aromatic carbocycles. The quantitative estimate of drug-likeness (QED) is 0.816. The molecular weight excluding hydrogens is 320 g/mol. The van der Waals surface area contributed by atoms with Gasteiger partial charge in [0.25, 0.3) is 0 Å². The van der Waals surface area contributed by atoms with Gasteiger partial charge in [-0.25, -0.2) is 4.98 Å². The number of carbonyl (C=O) groups is 1. The molecule has 130 valence electrons. The third-order valence-corrected chi connectivity index (χ3v) is 7.00. The van der Waals surface area contributed by atoms with Crippen molar-refractivity contribution in [2.75, 3.05) is 5.75 Å². The Balaban J connectivity index is 1.32. The van der Waals surface area contributed by atoms with Crippen molar-refractivity contribution in [2.45, 2.75) is 74.8 Å². The zero-order valence-corrected chi connectivity index (χ0v) is 14.9. The molecule has 3 fully saturated rings. The Morgan fingerprint density at radius 1 is 1.17 bits per heavy atom. The van der Waals surface area contributed by atoms with Crippen molar-refractivity contribution in [3.8, 4) is 5.88 Å². The van der Waals surface area contributed by atoms with E-state index in [1.165, 1.54) is 25.7 Å². The molecule has 2 unspecified atom stereocenters. The molecule has 3 aliphatic rings. The third-order valence-electron chi connectivity index (χ3n) is 5.65. The maximum atomic E-state index is 12.7. The first-order valence-electron chi connectivity index (χ1n) is 9.30. The Kier molecular flexibility index (Phi) is 4.97. The van der Waals surface area contributed by atoms with Gasteiger partial charge in [0.15, 0.2) is 0 Å². The number of amides is 1. The van der Waals surface area contributed by atoms with Gasteiger partial charge in [-0.15, -0.1) is 11.8 Å². The maximum Gasteiger partial charge on any atom is 0.233 e. The zero-order chi connectivity index (χ0) is 16.4. The van der Waals surface area contributed by atoms with Gasteiger partial charge in [0.2, 0.25) is 11.8 Å². The van der Waals surface area contributed by atoms with Gasteiger partial charge in [0.1, 0.15) is 6.10 Å². The van der Waals surface area contributed by atoms with Crippen LogP contribution in [0, 0.1) is 0 Å². The van der Waals surface area contributed by atoms with E-state index in [-0.39, 0.29) is 6.10 Å². The topological polar surface area (TPSA) is 42.4 Å². The number of hydrogen-bond donors (Lipinski definition) is 0. The average Bonchev–Trinajstić information content (AvgIpc) is 3.20. The fourth-order valence-electron chi connectivity index (χ4n) is 4.54. The summed E-state index contributed by atoms with van der Waals surface area (Å²) >= 11 is 1.89. The largest absolute Gasteiger partial charge is 0.474 e. The number of nitrogens with zero attached hydrogens (tertiary/aromatic N) is 2. The first-order valence-corrected chi connectivity index (χ1v) is 10.3. The molecule has 2 bridgehead atoms. The number of pyridine rings is 1.